The van der Waals surface area contributed by atoms with Gasteiger partial charge in [-0.3, -0.25) is 0 Å². The lowest BCUT2D eigenvalue weighted by molar-refractivity contribution is 0.104. The second-order valence-electron chi connectivity index (χ2n) is 6.38. The topological polar surface area (TPSA) is 55.8 Å². The SMILES string of the molecule is CCOC(=O)Oc1ccc(C(C)C(=C2C=CC(O)=CC2)C(C)C)cc1. The summed E-state index contributed by atoms with van der Waals surface area (Å²) >= 11 is 0. The van der Waals surface area contributed by atoms with Gasteiger partial charge in [-0.05, 0) is 54.7 Å². The van der Waals surface area contributed by atoms with E-state index in [0.29, 0.717) is 17.4 Å². The molecular formula is C21H26O4. The highest BCUT2D eigenvalue weighted by Gasteiger charge is 2.19. The van der Waals surface area contributed by atoms with Gasteiger partial charge in [-0.1, -0.05) is 44.6 Å². The van der Waals surface area contributed by atoms with E-state index in [2.05, 4.69) is 20.8 Å². The average molecular weight is 342 g/mol. The van der Waals surface area contributed by atoms with Gasteiger partial charge < -0.3 is 14.6 Å². The molecule has 0 bridgehead atoms. The van der Waals surface area contributed by atoms with Gasteiger partial charge in [-0.25, -0.2) is 4.79 Å². The number of ether oxygens (including phenoxy) is 2. The van der Waals surface area contributed by atoms with Crippen LogP contribution in [-0.2, 0) is 4.74 Å². The van der Waals surface area contributed by atoms with Crippen LogP contribution in [0.5, 0.6) is 5.75 Å². The molecule has 1 N–H and O–H groups in total. The van der Waals surface area contributed by atoms with Crippen LogP contribution in [0.4, 0.5) is 4.79 Å². The average Bonchev–Trinajstić information content (AvgIpc) is 2.57. The third kappa shape index (κ3) is 4.99. The van der Waals surface area contributed by atoms with Crippen molar-refractivity contribution in [3.63, 3.8) is 0 Å². The number of hydrogen-bond acceptors (Lipinski definition) is 4. The number of rotatable bonds is 5. The molecule has 0 fully saturated rings. The first-order valence-electron chi connectivity index (χ1n) is 8.67. The number of allylic oxidation sites excluding steroid dienone is 5. The quantitative estimate of drug-likeness (QED) is 0.552. The van der Waals surface area contributed by atoms with Crippen molar-refractivity contribution in [1.82, 2.24) is 0 Å². The third-order valence-electron chi connectivity index (χ3n) is 4.29. The third-order valence-corrected chi connectivity index (χ3v) is 4.29. The van der Waals surface area contributed by atoms with E-state index in [9.17, 15) is 9.90 Å². The number of carbonyl (C=O) groups is 1. The first kappa shape index (κ1) is 18.8. The lowest BCUT2D eigenvalue weighted by Gasteiger charge is -2.24. The maximum Gasteiger partial charge on any atom is 0.513 e. The molecule has 134 valence electrons. The highest BCUT2D eigenvalue weighted by Crippen LogP contribution is 2.35. The first-order valence-corrected chi connectivity index (χ1v) is 8.67. The van der Waals surface area contributed by atoms with Gasteiger partial charge in [0.2, 0.25) is 0 Å². The molecular weight excluding hydrogens is 316 g/mol. The van der Waals surface area contributed by atoms with Crippen molar-refractivity contribution in [1.29, 1.82) is 0 Å². The fraction of sp³-hybridized carbons (Fsp3) is 0.381. The lowest BCUT2D eigenvalue weighted by atomic mass is 9.81. The van der Waals surface area contributed by atoms with E-state index in [1.54, 1.807) is 25.1 Å². The van der Waals surface area contributed by atoms with Crippen molar-refractivity contribution in [2.75, 3.05) is 6.61 Å². The molecule has 0 amide bonds. The van der Waals surface area contributed by atoms with Gasteiger partial charge in [0.25, 0.3) is 0 Å². The molecule has 4 nitrogen and oxygen atoms in total. The number of aliphatic hydroxyl groups excluding tert-OH is 1. The van der Waals surface area contributed by atoms with E-state index < -0.39 is 6.16 Å². The van der Waals surface area contributed by atoms with Crippen LogP contribution in [0.3, 0.4) is 0 Å². The molecule has 1 unspecified atom stereocenters. The van der Waals surface area contributed by atoms with Gasteiger partial charge in [0, 0.05) is 5.92 Å². The molecule has 2 rings (SSSR count). The number of aliphatic hydroxyl groups is 1. The van der Waals surface area contributed by atoms with Crippen molar-refractivity contribution in [3.8, 4) is 5.75 Å². The van der Waals surface area contributed by atoms with Gasteiger partial charge in [0.15, 0.2) is 0 Å². The maximum absolute atomic E-state index is 11.4. The van der Waals surface area contributed by atoms with Crippen LogP contribution in [-0.4, -0.2) is 17.9 Å². The van der Waals surface area contributed by atoms with Crippen LogP contribution in [0.15, 0.2) is 59.4 Å². The van der Waals surface area contributed by atoms with Crippen molar-refractivity contribution in [2.45, 2.75) is 40.0 Å². The molecule has 0 saturated carbocycles. The van der Waals surface area contributed by atoms with E-state index >= 15 is 0 Å². The molecule has 4 heteroatoms. The first-order chi connectivity index (χ1) is 11.9. The summed E-state index contributed by atoms with van der Waals surface area (Å²) in [6, 6.07) is 7.52. The Balaban J connectivity index is 2.20. The van der Waals surface area contributed by atoms with Crippen LogP contribution >= 0.6 is 0 Å². The molecule has 0 spiro atoms. The summed E-state index contributed by atoms with van der Waals surface area (Å²) in [6.07, 6.45) is 5.63. The monoisotopic (exact) mass is 342 g/mol. The van der Waals surface area contributed by atoms with Crippen molar-refractivity contribution >= 4 is 6.16 Å². The Kier molecular flexibility index (Phi) is 6.45. The zero-order chi connectivity index (χ0) is 18.4. The Hall–Kier alpha value is -2.49. The van der Waals surface area contributed by atoms with Gasteiger partial charge in [0.1, 0.15) is 11.5 Å². The summed E-state index contributed by atoms with van der Waals surface area (Å²) in [5.41, 5.74) is 3.74. The molecule has 1 aliphatic rings. The van der Waals surface area contributed by atoms with E-state index in [-0.39, 0.29) is 12.5 Å². The Morgan fingerprint density at radius 1 is 1.16 bits per heavy atom. The minimum Gasteiger partial charge on any atom is -0.508 e. The van der Waals surface area contributed by atoms with Crippen molar-refractivity contribution < 1.29 is 19.4 Å². The summed E-state index contributed by atoms with van der Waals surface area (Å²) < 4.78 is 9.88. The standard InChI is InChI=1S/C21H26O4/c1-5-24-21(23)25-19-12-8-16(9-13-19)15(4)20(14(2)3)17-6-10-18(22)11-7-17/h6,8-15,22H,5,7H2,1-4H3. The minimum atomic E-state index is -0.688. The Bertz CT molecular complexity index is 693. The summed E-state index contributed by atoms with van der Waals surface area (Å²) in [5.74, 6) is 1.40. The number of carbonyl (C=O) groups excluding carboxylic acids is 1. The molecule has 25 heavy (non-hydrogen) atoms. The van der Waals surface area contributed by atoms with Crippen LogP contribution in [0, 0.1) is 5.92 Å². The zero-order valence-electron chi connectivity index (χ0n) is 15.3. The van der Waals surface area contributed by atoms with Crippen LogP contribution in [0.25, 0.3) is 0 Å². The largest absolute Gasteiger partial charge is 0.513 e. The van der Waals surface area contributed by atoms with Crippen LogP contribution < -0.4 is 4.74 Å². The molecule has 0 aliphatic heterocycles. The molecule has 1 aliphatic carbocycles. The van der Waals surface area contributed by atoms with E-state index in [4.69, 9.17) is 9.47 Å². The predicted molar refractivity (Wildman–Crippen MR) is 98.8 cm³/mol. The molecule has 0 radical (unpaired) electrons. The fourth-order valence-corrected chi connectivity index (χ4v) is 3.15. The Morgan fingerprint density at radius 2 is 1.84 bits per heavy atom. The van der Waals surface area contributed by atoms with E-state index in [1.165, 1.54) is 11.1 Å². The smallest absolute Gasteiger partial charge is 0.508 e. The van der Waals surface area contributed by atoms with Crippen LogP contribution in [0.2, 0.25) is 0 Å². The normalized spacial score (nSPS) is 17.1. The molecule has 0 heterocycles. The Labute approximate surface area is 149 Å². The summed E-state index contributed by atoms with van der Waals surface area (Å²) in [4.78, 5) is 11.4. The maximum atomic E-state index is 11.4. The number of benzene rings is 1. The summed E-state index contributed by atoms with van der Waals surface area (Å²) in [5, 5.41) is 9.54. The summed E-state index contributed by atoms with van der Waals surface area (Å²) in [7, 11) is 0. The van der Waals surface area contributed by atoms with Gasteiger partial charge in [-0.15, -0.1) is 0 Å². The number of hydrogen-bond donors (Lipinski definition) is 1. The second kappa shape index (κ2) is 8.56. The fourth-order valence-electron chi connectivity index (χ4n) is 3.15. The summed E-state index contributed by atoms with van der Waals surface area (Å²) in [6.45, 7) is 8.57. The second-order valence-corrected chi connectivity index (χ2v) is 6.38. The van der Waals surface area contributed by atoms with E-state index in [1.807, 2.05) is 24.3 Å². The molecule has 1 aromatic rings. The minimum absolute atomic E-state index is 0.227. The molecule has 1 aromatic carbocycles. The van der Waals surface area contributed by atoms with Gasteiger partial charge >= 0.3 is 6.16 Å². The predicted octanol–water partition coefficient (Wildman–Crippen LogP) is 5.68. The van der Waals surface area contributed by atoms with Gasteiger partial charge in [0.05, 0.1) is 6.61 Å². The van der Waals surface area contributed by atoms with Crippen molar-refractivity contribution in [3.05, 3.63) is 65.0 Å². The Morgan fingerprint density at radius 3 is 2.36 bits per heavy atom. The highest BCUT2D eigenvalue weighted by atomic mass is 16.7. The molecule has 0 aromatic heterocycles. The van der Waals surface area contributed by atoms with Crippen molar-refractivity contribution in [2.24, 2.45) is 5.92 Å². The molecule has 1 atom stereocenters. The lowest BCUT2D eigenvalue weighted by Crippen LogP contribution is -2.11. The highest BCUT2D eigenvalue weighted by molar-refractivity contribution is 5.63. The van der Waals surface area contributed by atoms with Crippen LogP contribution in [0.1, 0.15) is 45.6 Å². The zero-order valence-corrected chi connectivity index (χ0v) is 15.3. The van der Waals surface area contributed by atoms with Gasteiger partial charge in [-0.2, -0.15) is 0 Å². The van der Waals surface area contributed by atoms with E-state index in [0.717, 1.165) is 12.0 Å². The molecule has 0 saturated heterocycles.